The Labute approximate surface area is 89.3 Å². The molecule has 0 aliphatic heterocycles. The molecule has 0 saturated carbocycles. The van der Waals surface area contributed by atoms with Crippen molar-refractivity contribution in [3.05, 3.63) is 35.4 Å². The standard InChI is InChI=1S/C12H17F2N/c1-9(2)7-10-3-5-11(6-4-10)12(13,14)8-15/h3-6,9H,7-8,15H2,1-2H3. The zero-order valence-corrected chi connectivity index (χ0v) is 9.13. The van der Waals surface area contributed by atoms with Crippen LogP contribution in [0.15, 0.2) is 24.3 Å². The van der Waals surface area contributed by atoms with Crippen molar-refractivity contribution in [2.75, 3.05) is 6.54 Å². The van der Waals surface area contributed by atoms with Gasteiger partial charge in [0, 0.05) is 5.56 Å². The van der Waals surface area contributed by atoms with Crippen LogP contribution in [0.1, 0.15) is 25.0 Å². The van der Waals surface area contributed by atoms with Gasteiger partial charge < -0.3 is 5.73 Å². The summed E-state index contributed by atoms with van der Waals surface area (Å²) in [7, 11) is 0. The van der Waals surface area contributed by atoms with Gasteiger partial charge in [-0.3, -0.25) is 0 Å². The highest BCUT2D eigenvalue weighted by Crippen LogP contribution is 2.26. The third-order valence-electron chi connectivity index (χ3n) is 2.28. The zero-order chi connectivity index (χ0) is 11.5. The van der Waals surface area contributed by atoms with E-state index in [1.165, 1.54) is 12.1 Å². The molecule has 0 heterocycles. The van der Waals surface area contributed by atoms with Gasteiger partial charge in [-0.1, -0.05) is 38.1 Å². The molecule has 1 aromatic carbocycles. The Balaban J connectivity index is 2.81. The number of hydrogen-bond donors (Lipinski definition) is 1. The third-order valence-corrected chi connectivity index (χ3v) is 2.28. The lowest BCUT2D eigenvalue weighted by molar-refractivity contribution is 0.00594. The van der Waals surface area contributed by atoms with Gasteiger partial charge in [0.1, 0.15) is 0 Å². The molecule has 0 aromatic heterocycles. The zero-order valence-electron chi connectivity index (χ0n) is 9.13. The van der Waals surface area contributed by atoms with Gasteiger partial charge in [0.2, 0.25) is 0 Å². The lowest BCUT2D eigenvalue weighted by Crippen LogP contribution is -2.24. The Hall–Kier alpha value is -0.960. The van der Waals surface area contributed by atoms with Crippen LogP contribution < -0.4 is 5.73 Å². The largest absolute Gasteiger partial charge is 0.325 e. The molecule has 3 heteroatoms. The summed E-state index contributed by atoms with van der Waals surface area (Å²) in [6.07, 6.45) is 0.911. The van der Waals surface area contributed by atoms with Crippen molar-refractivity contribution in [3.63, 3.8) is 0 Å². The molecule has 0 saturated heterocycles. The van der Waals surface area contributed by atoms with E-state index in [0.29, 0.717) is 5.92 Å². The van der Waals surface area contributed by atoms with Crippen LogP contribution in [0.4, 0.5) is 8.78 Å². The fraction of sp³-hybridized carbons (Fsp3) is 0.500. The van der Waals surface area contributed by atoms with Crippen LogP contribution >= 0.6 is 0 Å². The molecular formula is C12H17F2N. The Morgan fingerprint density at radius 1 is 1.20 bits per heavy atom. The molecule has 0 amide bonds. The number of nitrogens with two attached hydrogens (primary N) is 1. The maximum Gasteiger partial charge on any atom is 0.285 e. The normalized spacial score (nSPS) is 12.1. The molecular weight excluding hydrogens is 196 g/mol. The predicted octanol–water partition coefficient (Wildman–Crippen LogP) is 2.94. The van der Waals surface area contributed by atoms with E-state index in [1.807, 2.05) is 0 Å². The Bertz CT molecular complexity index is 304. The molecule has 1 rings (SSSR count). The number of halogens is 2. The summed E-state index contributed by atoms with van der Waals surface area (Å²) in [5, 5.41) is 0. The van der Waals surface area contributed by atoms with Gasteiger partial charge in [0.05, 0.1) is 6.54 Å². The van der Waals surface area contributed by atoms with Gasteiger partial charge in [-0.05, 0) is 17.9 Å². The van der Waals surface area contributed by atoms with Crippen molar-refractivity contribution in [2.45, 2.75) is 26.2 Å². The van der Waals surface area contributed by atoms with Gasteiger partial charge in [-0.25, -0.2) is 0 Å². The summed E-state index contributed by atoms with van der Waals surface area (Å²) in [5.41, 5.74) is 6.09. The van der Waals surface area contributed by atoms with E-state index in [2.05, 4.69) is 13.8 Å². The highest BCUT2D eigenvalue weighted by Gasteiger charge is 2.28. The molecule has 0 spiro atoms. The predicted molar refractivity (Wildman–Crippen MR) is 57.9 cm³/mol. The van der Waals surface area contributed by atoms with Crippen LogP contribution in [0.2, 0.25) is 0 Å². The third kappa shape index (κ3) is 3.27. The van der Waals surface area contributed by atoms with Crippen molar-refractivity contribution in [1.29, 1.82) is 0 Å². The van der Waals surface area contributed by atoms with Crippen LogP contribution in [0.25, 0.3) is 0 Å². The topological polar surface area (TPSA) is 26.0 Å². The minimum atomic E-state index is -2.91. The molecule has 1 aromatic rings. The first-order valence-electron chi connectivity index (χ1n) is 5.13. The summed E-state index contributed by atoms with van der Waals surface area (Å²) in [6, 6.07) is 6.42. The summed E-state index contributed by atoms with van der Waals surface area (Å²) in [5.74, 6) is -2.37. The monoisotopic (exact) mass is 213 g/mol. The van der Waals surface area contributed by atoms with Crippen molar-refractivity contribution in [2.24, 2.45) is 11.7 Å². The molecule has 0 radical (unpaired) electrons. The summed E-state index contributed by atoms with van der Waals surface area (Å²) in [4.78, 5) is 0. The average Bonchev–Trinajstić information content (AvgIpc) is 2.18. The van der Waals surface area contributed by atoms with Crippen molar-refractivity contribution in [1.82, 2.24) is 0 Å². The van der Waals surface area contributed by atoms with Gasteiger partial charge in [-0.2, -0.15) is 8.78 Å². The first-order chi connectivity index (χ1) is 6.95. The Morgan fingerprint density at radius 3 is 2.13 bits per heavy atom. The fourth-order valence-electron chi connectivity index (χ4n) is 1.47. The average molecular weight is 213 g/mol. The Kier molecular flexibility index (Phi) is 3.80. The minimum Gasteiger partial charge on any atom is -0.325 e. The van der Waals surface area contributed by atoms with E-state index in [-0.39, 0.29) is 5.56 Å². The van der Waals surface area contributed by atoms with E-state index in [1.54, 1.807) is 12.1 Å². The second-order valence-electron chi connectivity index (χ2n) is 4.20. The molecule has 15 heavy (non-hydrogen) atoms. The summed E-state index contributed by atoms with van der Waals surface area (Å²) < 4.78 is 26.3. The van der Waals surface area contributed by atoms with Gasteiger partial charge in [0.15, 0.2) is 0 Å². The van der Waals surface area contributed by atoms with Crippen LogP contribution in [-0.2, 0) is 12.3 Å². The molecule has 1 nitrogen and oxygen atoms in total. The number of rotatable bonds is 4. The van der Waals surface area contributed by atoms with Gasteiger partial charge in [-0.15, -0.1) is 0 Å². The van der Waals surface area contributed by atoms with Crippen molar-refractivity contribution in [3.8, 4) is 0 Å². The molecule has 2 N–H and O–H groups in total. The SMILES string of the molecule is CC(C)Cc1ccc(C(F)(F)CN)cc1. The van der Waals surface area contributed by atoms with E-state index in [9.17, 15) is 8.78 Å². The van der Waals surface area contributed by atoms with Crippen LogP contribution in [0.3, 0.4) is 0 Å². The molecule has 0 unspecified atom stereocenters. The first kappa shape index (κ1) is 12.1. The lowest BCUT2D eigenvalue weighted by Gasteiger charge is -2.14. The lowest BCUT2D eigenvalue weighted by atomic mass is 10.00. The number of hydrogen-bond acceptors (Lipinski definition) is 1. The van der Waals surface area contributed by atoms with E-state index >= 15 is 0 Å². The number of alkyl halides is 2. The van der Waals surface area contributed by atoms with Gasteiger partial charge >= 0.3 is 0 Å². The van der Waals surface area contributed by atoms with Gasteiger partial charge in [0.25, 0.3) is 5.92 Å². The highest BCUT2D eigenvalue weighted by atomic mass is 19.3. The molecule has 0 aliphatic carbocycles. The smallest absolute Gasteiger partial charge is 0.285 e. The second kappa shape index (κ2) is 4.71. The number of benzene rings is 1. The molecule has 0 aliphatic rings. The van der Waals surface area contributed by atoms with Crippen LogP contribution in [0, 0.1) is 5.92 Å². The van der Waals surface area contributed by atoms with E-state index in [0.717, 1.165) is 12.0 Å². The summed E-state index contributed by atoms with van der Waals surface area (Å²) in [6.45, 7) is 3.56. The molecule has 0 fully saturated rings. The minimum absolute atomic E-state index is 0.00231. The van der Waals surface area contributed by atoms with Crippen LogP contribution in [0.5, 0.6) is 0 Å². The first-order valence-corrected chi connectivity index (χ1v) is 5.13. The molecule has 0 bridgehead atoms. The maximum absolute atomic E-state index is 13.2. The quantitative estimate of drug-likeness (QED) is 0.817. The van der Waals surface area contributed by atoms with Crippen molar-refractivity contribution >= 4 is 0 Å². The highest BCUT2D eigenvalue weighted by molar-refractivity contribution is 5.26. The maximum atomic E-state index is 13.2. The van der Waals surface area contributed by atoms with E-state index < -0.39 is 12.5 Å². The fourth-order valence-corrected chi connectivity index (χ4v) is 1.47. The summed E-state index contributed by atoms with van der Waals surface area (Å²) >= 11 is 0. The second-order valence-corrected chi connectivity index (χ2v) is 4.20. The molecule has 0 atom stereocenters. The Morgan fingerprint density at radius 2 is 1.73 bits per heavy atom. The van der Waals surface area contributed by atoms with Crippen LogP contribution in [-0.4, -0.2) is 6.54 Å². The molecule has 84 valence electrons. The van der Waals surface area contributed by atoms with E-state index in [4.69, 9.17) is 5.73 Å². The van der Waals surface area contributed by atoms with Crippen molar-refractivity contribution < 1.29 is 8.78 Å².